The number of fused-ring (bicyclic) bond motifs is 1. The lowest BCUT2D eigenvalue weighted by Crippen LogP contribution is -2.40. The van der Waals surface area contributed by atoms with Crippen molar-refractivity contribution in [3.63, 3.8) is 0 Å². The molecule has 1 amide bonds. The number of rotatable bonds is 4. The summed E-state index contributed by atoms with van der Waals surface area (Å²) in [4.78, 5) is 21.1. The summed E-state index contributed by atoms with van der Waals surface area (Å²) in [5.41, 5.74) is 1.17. The molecule has 3 aromatic rings. The van der Waals surface area contributed by atoms with Crippen molar-refractivity contribution < 1.29 is 13.2 Å². The maximum Gasteiger partial charge on any atom is 0.308 e. The maximum atomic E-state index is 13.4. The number of nitrogens with zero attached hydrogens (tertiary/aromatic N) is 5. The molecule has 0 bridgehead atoms. The van der Waals surface area contributed by atoms with E-state index in [-0.39, 0.29) is 21.5 Å². The van der Waals surface area contributed by atoms with E-state index in [0.717, 1.165) is 0 Å². The Morgan fingerprint density at radius 1 is 1.14 bits per heavy atom. The van der Waals surface area contributed by atoms with E-state index in [0.29, 0.717) is 15.7 Å². The first-order chi connectivity index (χ1) is 13.0. The molecule has 0 fully saturated rings. The second kappa shape index (κ2) is 7.31. The van der Waals surface area contributed by atoms with Crippen molar-refractivity contribution in [3.05, 3.63) is 45.7 Å². The molecule has 0 aliphatic heterocycles. The first-order valence-corrected chi connectivity index (χ1v) is 10.5. The number of hydrogen-bond donors (Lipinski definition) is 0. The quantitative estimate of drug-likeness (QED) is 0.614. The summed E-state index contributed by atoms with van der Waals surface area (Å²) in [6.07, 6.45) is 0. The van der Waals surface area contributed by atoms with Crippen molar-refractivity contribution >= 4 is 50.6 Å². The van der Waals surface area contributed by atoms with Gasteiger partial charge in [0.2, 0.25) is 5.91 Å². The predicted molar refractivity (Wildman–Crippen MR) is 106 cm³/mol. The number of carbonyl (C=O) groups is 1. The van der Waals surface area contributed by atoms with E-state index in [1.165, 1.54) is 16.6 Å². The third kappa shape index (κ3) is 3.45. The predicted octanol–water partition coefficient (Wildman–Crippen LogP) is 3.43. The minimum Gasteiger partial charge on any atom is -0.273 e. The van der Waals surface area contributed by atoms with E-state index in [1.807, 2.05) is 0 Å². The van der Waals surface area contributed by atoms with Gasteiger partial charge in [-0.2, -0.15) is 17.7 Å². The Morgan fingerprint density at radius 3 is 2.32 bits per heavy atom. The Balaban J connectivity index is 2.28. The zero-order valence-electron chi connectivity index (χ0n) is 15.5. The Hall–Kier alpha value is -2.23. The number of carbonyl (C=O) groups excluding carboxylic acids is 1. The third-order valence-corrected chi connectivity index (χ3v) is 5.99. The van der Waals surface area contributed by atoms with Gasteiger partial charge in [0.25, 0.3) is 10.9 Å². The smallest absolute Gasteiger partial charge is 0.273 e. The average Bonchev–Trinajstić information content (AvgIpc) is 3.02. The van der Waals surface area contributed by atoms with Gasteiger partial charge < -0.3 is 0 Å². The first-order valence-electron chi connectivity index (χ1n) is 8.28. The van der Waals surface area contributed by atoms with E-state index >= 15 is 0 Å². The highest BCUT2D eigenvalue weighted by molar-refractivity contribution is 7.93. The summed E-state index contributed by atoms with van der Waals surface area (Å²) in [5.74, 6) is -1.26. The molecule has 0 saturated carbocycles. The molecule has 2 heterocycles. The number of aryl methyl sites for hydroxylation is 2. The number of anilines is 1. The molecule has 0 unspecified atom stereocenters. The molecular formula is C17H17Cl2N5O3S. The van der Waals surface area contributed by atoms with Crippen LogP contribution in [0.25, 0.3) is 5.78 Å². The Kier molecular flexibility index (Phi) is 5.35. The monoisotopic (exact) mass is 441 g/mol. The molecule has 0 aliphatic carbocycles. The van der Waals surface area contributed by atoms with Crippen molar-refractivity contribution in [3.8, 4) is 0 Å². The van der Waals surface area contributed by atoms with Crippen LogP contribution in [0.4, 0.5) is 5.69 Å². The number of para-hydroxylation sites is 1. The van der Waals surface area contributed by atoms with Crippen LogP contribution < -0.4 is 4.31 Å². The van der Waals surface area contributed by atoms with Crippen LogP contribution in [0, 0.1) is 19.8 Å². The minimum atomic E-state index is -4.50. The van der Waals surface area contributed by atoms with Crippen molar-refractivity contribution in [2.24, 2.45) is 5.92 Å². The summed E-state index contributed by atoms with van der Waals surface area (Å²) in [6.45, 7) is 6.65. The number of sulfonamides is 1. The van der Waals surface area contributed by atoms with Crippen LogP contribution in [0.5, 0.6) is 0 Å². The van der Waals surface area contributed by atoms with Gasteiger partial charge in [0.15, 0.2) is 0 Å². The highest BCUT2D eigenvalue weighted by Gasteiger charge is 2.38. The van der Waals surface area contributed by atoms with Crippen LogP contribution in [0.15, 0.2) is 29.4 Å². The molecule has 0 spiro atoms. The standard InChI is InChI=1S/C17H17Cl2N5O3S/c1-9(2)15(25)24(14-12(18)6-5-7-13(14)19)28(26,27)17-21-16-20-10(3)8-11(4)23(16)22-17/h5-9H,1-4H3. The number of halogens is 2. The van der Waals surface area contributed by atoms with E-state index in [4.69, 9.17) is 23.2 Å². The van der Waals surface area contributed by atoms with Crippen molar-refractivity contribution in [2.75, 3.05) is 4.31 Å². The zero-order valence-corrected chi connectivity index (χ0v) is 17.8. The zero-order chi connectivity index (χ0) is 20.8. The molecular weight excluding hydrogens is 425 g/mol. The largest absolute Gasteiger partial charge is 0.308 e. The van der Waals surface area contributed by atoms with Gasteiger partial charge >= 0.3 is 10.0 Å². The SMILES string of the molecule is Cc1cc(C)n2nc(S(=O)(=O)N(C(=O)C(C)C)c3c(Cl)cccc3Cl)nc2n1. The topological polar surface area (TPSA) is 97.5 Å². The molecule has 0 atom stereocenters. The highest BCUT2D eigenvalue weighted by atomic mass is 35.5. The lowest BCUT2D eigenvalue weighted by Gasteiger charge is -2.24. The summed E-state index contributed by atoms with van der Waals surface area (Å²) >= 11 is 12.4. The lowest BCUT2D eigenvalue weighted by molar-refractivity contribution is -0.120. The third-order valence-electron chi connectivity index (χ3n) is 3.90. The fraction of sp³-hybridized carbons (Fsp3) is 0.294. The molecule has 11 heteroatoms. The van der Waals surface area contributed by atoms with Gasteiger partial charge in [-0.3, -0.25) is 4.79 Å². The van der Waals surface area contributed by atoms with Gasteiger partial charge in [0, 0.05) is 17.3 Å². The van der Waals surface area contributed by atoms with Gasteiger partial charge in [0.05, 0.1) is 15.7 Å². The number of benzene rings is 1. The molecule has 148 valence electrons. The Morgan fingerprint density at radius 2 is 1.75 bits per heavy atom. The second-order valence-electron chi connectivity index (χ2n) is 6.48. The number of aromatic nitrogens is 4. The van der Waals surface area contributed by atoms with Crippen molar-refractivity contribution in [1.29, 1.82) is 0 Å². The fourth-order valence-corrected chi connectivity index (χ4v) is 4.70. The van der Waals surface area contributed by atoms with E-state index in [2.05, 4.69) is 15.1 Å². The van der Waals surface area contributed by atoms with Crippen molar-refractivity contribution in [1.82, 2.24) is 19.6 Å². The average molecular weight is 442 g/mol. The maximum absolute atomic E-state index is 13.4. The molecule has 0 N–H and O–H groups in total. The summed E-state index contributed by atoms with van der Waals surface area (Å²) in [7, 11) is -4.50. The van der Waals surface area contributed by atoms with Crippen LogP contribution in [-0.4, -0.2) is 33.9 Å². The molecule has 2 aromatic heterocycles. The lowest BCUT2D eigenvalue weighted by atomic mass is 10.2. The molecule has 8 nitrogen and oxygen atoms in total. The first kappa shape index (κ1) is 20.5. The van der Waals surface area contributed by atoms with Gasteiger partial charge in [-0.1, -0.05) is 43.1 Å². The Labute approximate surface area is 172 Å². The molecule has 3 rings (SSSR count). The summed E-state index contributed by atoms with van der Waals surface area (Å²) in [6, 6.07) is 6.19. The molecule has 0 saturated heterocycles. The number of amides is 1. The van der Waals surface area contributed by atoms with Gasteiger partial charge in [0.1, 0.15) is 0 Å². The van der Waals surface area contributed by atoms with Crippen LogP contribution in [-0.2, 0) is 14.8 Å². The second-order valence-corrected chi connectivity index (χ2v) is 8.97. The molecule has 28 heavy (non-hydrogen) atoms. The van der Waals surface area contributed by atoms with Crippen LogP contribution >= 0.6 is 23.2 Å². The van der Waals surface area contributed by atoms with Crippen LogP contribution in [0.1, 0.15) is 25.2 Å². The number of hydrogen-bond acceptors (Lipinski definition) is 6. The van der Waals surface area contributed by atoms with Gasteiger partial charge in [-0.05, 0) is 32.0 Å². The minimum absolute atomic E-state index is 0.0130. The summed E-state index contributed by atoms with van der Waals surface area (Å²) in [5, 5.41) is 3.50. The highest BCUT2D eigenvalue weighted by Crippen LogP contribution is 2.37. The van der Waals surface area contributed by atoms with Gasteiger partial charge in [-0.15, -0.1) is 5.10 Å². The van der Waals surface area contributed by atoms with Gasteiger partial charge in [-0.25, -0.2) is 9.50 Å². The van der Waals surface area contributed by atoms with E-state index in [1.54, 1.807) is 39.8 Å². The Bertz CT molecular complexity index is 1170. The molecule has 1 aromatic carbocycles. The van der Waals surface area contributed by atoms with E-state index < -0.39 is 27.0 Å². The molecule has 0 radical (unpaired) electrons. The van der Waals surface area contributed by atoms with Crippen LogP contribution in [0.2, 0.25) is 10.0 Å². The van der Waals surface area contributed by atoms with Crippen molar-refractivity contribution in [2.45, 2.75) is 32.9 Å². The molecule has 0 aliphatic rings. The van der Waals surface area contributed by atoms with E-state index in [9.17, 15) is 13.2 Å². The normalized spacial score (nSPS) is 12.0. The van der Waals surface area contributed by atoms with Crippen LogP contribution in [0.3, 0.4) is 0 Å². The summed E-state index contributed by atoms with van der Waals surface area (Å²) < 4.78 is 28.6. The fourth-order valence-electron chi connectivity index (χ4n) is 2.61.